The Kier molecular flexibility index (Phi) is 5.37. The second kappa shape index (κ2) is 6.87. The highest BCUT2D eigenvalue weighted by molar-refractivity contribution is 7.93. The first-order valence-corrected chi connectivity index (χ1v) is 9.70. The third kappa shape index (κ3) is 4.18. The van der Waals surface area contributed by atoms with Crippen molar-refractivity contribution in [1.82, 2.24) is 15.2 Å². The van der Waals surface area contributed by atoms with E-state index in [2.05, 4.69) is 20.5 Å². The summed E-state index contributed by atoms with van der Waals surface area (Å²) < 4.78 is 61.5. The van der Waals surface area contributed by atoms with E-state index in [-0.39, 0.29) is 11.2 Å². The van der Waals surface area contributed by atoms with E-state index in [0.29, 0.717) is 18.0 Å². The molecular formula is C17H21F3N4O3S. The van der Waals surface area contributed by atoms with Gasteiger partial charge in [-0.2, -0.15) is 18.3 Å². The summed E-state index contributed by atoms with van der Waals surface area (Å²) in [7, 11) is -4.32. The van der Waals surface area contributed by atoms with Gasteiger partial charge in [0, 0.05) is 17.7 Å². The highest BCUT2D eigenvalue weighted by Crippen LogP contribution is 2.31. The summed E-state index contributed by atoms with van der Waals surface area (Å²) in [6, 6.07) is 2.93. The number of carbonyl (C=O) groups excluding carboxylic acids is 1. The number of pyridine rings is 1. The number of halogens is 3. The van der Waals surface area contributed by atoms with Crippen molar-refractivity contribution in [3.05, 3.63) is 35.8 Å². The number of alkyl halides is 3. The van der Waals surface area contributed by atoms with E-state index >= 15 is 0 Å². The van der Waals surface area contributed by atoms with Gasteiger partial charge >= 0.3 is 6.18 Å². The molecule has 0 bridgehead atoms. The van der Waals surface area contributed by atoms with Crippen molar-refractivity contribution in [1.29, 1.82) is 0 Å². The van der Waals surface area contributed by atoms with Crippen molar-refractivity contribution in [3.8, 4) is 0 Å². The molecule has 7 nitrogen and oxygen atoms in total. The Morgan fingerprint density at radius 2 is 1.68 bits per heavy atom. The number of nitrogens with zero attached hydrogens (tertiary/aromatic N) is 2. The quantitative estimate of drug-likeness (QED) is 0.793. The Balaban J connectivity index is 2.28. The molecular weight excluding hydrogens is 397 g/mol. The molecule has 0 atom stereocenters. The minimum absolute atomic E-state index is 0.212. The van der Waals surface area contributed by atoms with Gasteiger partial charge in [-0.1, -0.05) is 20.8 Å². The van der Waals surface area contributed by atoms with Crippen molar-refractivity contribution < 1.29 is 26.4 Å². The average molecular weight is 418 g/mol. The lowest BCUT2D eigenvalue weighted by Gasteiger charge is -2.23. The molecule has 0 saturated carbocycles. The van der Waals surface area contributed by atoms with Gasteiger partial charge in [0.1, 0.15) is 16.3 Å². The molecule has 0 aliphatic rings. The third-order valence-corrected chi connectivity index (χ3v) is 6.54. The summed E-state index contributed by atoms with van der Waals surface area (Å²) in [5, 5.41) is 9.14. The van der Waals surface area contributed by atoms with E-state index in [1.165, 1.54) is 0 Å². The number of amides is 1. The number of sulfone groups is 1. The summed E-state index contributed by atoms with van der Waals surface area (Å²) in [6.07, 6.45) is -4.10. The number of rotatable bonds is 4. The number of anilines is 1. The fourth-order valence-electron chi connectivity index (χ4n) is 2.17. The van der Waals surface area contributed by atoms with Crippen LogP contribution in [0.5, 0.6) is 0 Å². The van der Waals surface area contributed by atoms with E-state index < -0.39 is 37.3 Å². The van der Waals surface area contributed by atoms with Gasteiger partial charge in [-0.15, -0.1) is 0 Å². The third-order valence-electron chi connectivity index (χ3n) is 4.15. The maximum atomic E-state index is 12.8. The summed E-state index contributed by atoms with van der Waals surface area (Å²) in [5.74, 6) is -0.653. The van der Waals surface area contributed by atoms with Gasteiger partial charge in [-0.25, -0.2) is 8.42 Å². The number of aromatic amines is 1. The number of carbonyl (C=O) groups is 1. The van der Waals surface area contributed by atoms with Crippen LogP contribution in [0.2, 0.25) is 0 Å². The molecule has 0 spiro atoms. The summed E-state index contributed by atoms with van der Waals surface area (Å²) in [5.41, 5.74) is -0.844. The first-order valence-electron chi connectivity index (χ1n) is 8.22. The van der Waals surface area contributed by atoms with Crippen molar-refractivity contribution in [2.75, 3.05) is 5.32 Å². The molecule has 0 unspecified atom stereocenters. The zero-order chi connectivity index (χ0) is 21.5. The zero-order valence-corrected chi connectivity index (χ0v) is 16.8. The van der Waals surface area contributed by atoms with Crippen LogP contribution >= 0.6 is 0 Å². The Morgan fingerprint density at radius 1 is 1.07 bits per heavy atom. The molecule has 0 fully saturated rings. The summed E-state index contributed by atoms with van der Waals surface area (Å²) in [4.78, 5) is 15.3. The van der Waals surface area contributed by atoms with E-state index in [4.69, 9.17) is 0 Å². The molecule has 0 aliphatic carbocycles. The van der Waals surface area contributed by atoms with Crippen LogP contribution < -0.4 is 5.32 Å². The molecule has 2 heterocycles. The van der Waals surface area contributed by atoms with Crippen LogP contribution in [0.3, 0.4) is 0 Å². The SMILES string of the molecule is CC(C)(C)c1cc(NC(=O)C(C)(C)S(=O)(=O)c2ccc(C(F)(F)F)nc2)[nH]n1. The van der Waals surface area contributed by atoms with Crippen molar-refractivity contribution in [2.24, 2.45) is 0 Å². The monoisotopic (exact) mass is 418 g/mol. The van der Waals surface area contributed by atoms with Crippen LogP contribution in [0.4, 0.5) is 19.0 Å². The molecule has 2 aromatic rings. The molecule has 2 aromatic heterocycles. The van der Waals surface area contributed by atoms with Gasteiger partial charge in [0.2, 0.25) is 5.91 Å². The van der Waals surface area contributed by atoms with E-state index in [1.54, 1.807) is 6.07 Å². The standard InChI is InChI=1S/C17H21F3N4O3S/c1-15(2,3)12-8-13(24-23-12)22-14(25)16(4,5)28(26,27)10-6-7-11(21-9-10)17(18,19)20/h6-9H,1-5H3,(H2,22,23,24,25). The summed E-state index contributed by atoms with van der Waals surface area (Å²) in [6.45, 7) is 8.08. The Hall–Kier alpha value is -2.43. The molecule has 154 valence electrons. The van der Waals surface area contributed by atoms with Gasteiger partial charge in [-0.3, -0.25) is 14.9 Å². The van der Waals surface area contributed by atoms with Gasteiger partial charge in [0.05, 0.1) is 10.6 Å². The minimum Gasteiger partial charge on any atom is -0.310 e. The highest BCUT2D eigenvalue weighted by atomic mass is 32.2. The topological polar surface area (TPSA) is 105 Å². The number of H-pyrrole nitrogens is 1. The molecule has 0 radical (unpaired) electrons. The minimum atomic E-state index is -4.69. The Labute approximate surface area is 160 Å². The average Bonchev–Trinajstić information content (AvgIpc) is 3.02. The maximum absolute atomic E-state index is 12.8. The van der Waals surface area contributed by atoms with Crippen LogP contribution in [0, 0.1) is 0 Å². The van der Waals surface area contributed by atoms with Crippen LogP contribution in [0.25, 0.3) is 0 Å². The molecule has 0 saturated heterocycles. The van der Waals surface area contributed by atoms with Gasteiger partial charge in [0.25, 0.3) is 0 Å². The molecule has 0 aliphatic heterocycles. The molecule has 0 aromatic carbocycles. The second-order valence-electron chi connectivity index (χ2n) is 7.76. The lowest BCUT2D eigenvalue weighted by atomic mass is 9.92. The lowest BCUT2D eigenvalue weighted by Crippen LogP contribution is -2.44. The molecule has 2 rings (SSSR count). The zero-order valence-electron chi connectivity index (χ0n) is 16.0. The second-order valence-corrected chi connectivity index (χ2v) is 10.3. The first-order chi connectivity index (χ1) is 12.6. The largest absolute Gasteiger partial charge is 0.433 e. The van der Waals surface area contributed by atoms with Crippen molar-refractivity contribution in [3.63, 3.8) is 0 Å². The van der Waals surface area contributed by atoms with Gasteiger partial charge < -0.3 is 5.32 Å². The molecule has 28 heavy (non-hydrogen) atoms. The number of hydrogen-bond acceptors (Lipinski definition) is 5. The number of nitrogens with one attached hydrogen (secondary N) is 2. The van der Waals surface area contributed by atoms with Gasteiger partial charge in [0.15, 0.2) is 9.84 Å². The van der Waals surface area contributed by atoms with Crippen LogP contribution in [-0.4, -0.2) is 34.3 Å². The Bertz CT molecular complexity index is 972. The molecule has 2 N–H and O–H groups in total. The predicted octanol–water partition coefficient (Wildman–Crippen LogP) is 3.31. The first kappa shape index (κ1) is 21.9. The fraction of sp³-hybridized carbons (Fsp3) is 0.471. The number of aromatic nitrogens is 3. The highest BCUT2D eigenvalue weighted by Gasteiger charge is 2.44. The summed E-state index contributed by atoms with van der Waals surface area (Å²) >= 11 is 0. The molecule has 11 heteroatoms. The van der Waals surface area contributed by atoms with Crippen LogP contribution in [-0.2, 0) is 26.2 Å². The maximum Gasteiger partial charge on any atom is 0.433 e. The van der Waals surface area contributed by atoms with E-state index in [1.807, 2.05) is 20.8 Å². The van der Waals surface area contributed by atoms with E-state index in [0.717, 1.165) is 19.9 Å². The van der Waals surface area contributed by atoms with E-state index in [9.17, 15) is 26.4 Å². The number of hydrogen-bond donors (Lipinski definition) is 2. The van der Waals surface area contributed by atoms with Gasteiger partial charge in [-0.05, 0) is 26.0 Å². The van der Waals surface area contributed by atoms with Crippen LogP contribution in [0.15, 0.2) is 29.3 Å². The van der Waals surface area contributed by atoms with Crippen molar-refractivity contribution >= 4 is 21.6 Å². The Morgan fingerprint density at radius 3 is 2.11 bits per heavy atom. The normalized spacial score (nSPS) is 13.4. The van der Waals surface area contributed by atoms with Crippen molar-refractivity contribution in [2.45, 2.75) is 55.9 Å². The fourth-order valence-corrected chi connectivity index (χ4v) is 3.49. The smallest absolute Gasteiger partial charge is 0.310 e. The predicted molar refractivity (Wildman–Crippen MR) is 96.4 cm³/mol. The lowest BCUT2D eigenvalue weighted by molar-refractivity contribution is -0.141. The van der Waals surface area contributed by atoms with Crippen LogP contribution in [0.1, 0.15) is 46.0 Å². The molecule has 1 amide bonds.